The largest absolute Gasteiger partial charge is 0.467 e. The maximum Gasteiger partial charge on any atom is 0.359 e. The lowest BCUT2D eigenvalue weighted by Crippen LogP contribution is -2.34. The van der Waals surface area contributed by atoms with Gasteiger partial charge in [0.25, 0.3) is 5.91 Å². The number of esters is 1. The van der Waals surface area contributed by atoms with Gasteiger partial charge in [0.15, 0.2) is 12.3 Å². The van der Waals surface area contributed by atoms with Crippen molar-refractivity contribution in [3.05, 3.63) is 63.9 Å². The number of amides is 1. The first kappa shape index (κ1) is 19.5. The highest BCUT2D eigenvalue weighted by atomic mass is 35.5. The summed E-state index contributed by atoms with van der Waals surface area (Å²) in [7, 11) is 0. The topological polar surface area (TPSA) is 72.6 Å². The van der Waals surface area contributed by atoms with Crippen LogP contribution in [-0.2, 0) is 16.1 Å². The zero-order valence-corrected chi connectivity index (χ0v) is 16.0. The van der Waals surface area contributed by atoms with Crippen LogP contribution in [0.5, 0.6) is 0 Å². The summed E-state index contributed by atoms with van der Waals surface area (Å²) in [6.45, 7) is -0.146. The van der Waals surface area contributed by atoms with Crippen LogP contribution in [0.25, 0.3) is 0 Å². The van der Waals surface area contributed by atoms with E-state index < -0.39 is 12.6 Å². The zero-order chi connectivity index (χ0) is 19.2. The minimum Gasteiger partial charge on any atom is -0.467 e. The van der Waals surface area contributed by atoms with Crippen LogP contribution in [0.2, 0.25) is 10.2 Å². The second-order valence-electron chi connectivity index (χ2n) is 6.04. The predicted molar refractivity (Wildman–Crippen MR) is 100 cm³/mol. The molecule has 0 saturated heterocycles. The summed E-state index contributed by atoms with van der Waals surface area (Å²) >= 11 is 11.7. The van der Waals surface area contributed by atoms with Gasteiger partial charge >= 0.3 is 5.97 Å². The fraction of sp³-hybridized carbons (Fsp3) is 0.316. The van der Waals surface area contributed by atoms with E-state index >= 15 is 0 Å². The van der Waals surface area contributed by atoms with Crippen molar-refractivity contribution in [2.45, 2.75) is 32.2 Å². The van der Waals surface area contributed by atoms with Gasteiger partial charge in [0.05, 0.1) is 17.8 Å². The lowest BCUT2D eigenvalue weighted by atomic mass is 10.0. The number of pyridine rings is 1. The Morgan fingerprint density at radius 2 is 2.07 bits per heavy atom. The van der Waals surface area contributed by atoms with E-state index in [9.17, 15) is 9.59 Å². The first-order valence-electron chi connectivity index (χ1n) is 8.55. The van der Waals surface area contributed by atoms with Gasteiger partial charge in [-0.3, -0.25) is 4.79 Å². The van der Waals surface area contributed by atoms with Gasteiger partial charge in [-0.2, -0.15) is 0 Å². The lowest BCUT2D eigenvalue weighted by molar-refractivity contribution is -0.133. The number of hydrogen-bond donors (Lipinski definition) is 0. The Labute approximate surface area is 166 Å². The van der Waals surface area contributed by atoms with E-state index in [1.807, 2.05) is 6.08 Å². The maximum atomic E-state index is 12.7. The second-order valence-corrected chi connectivity index (χ2v) is 6.84. The molecule has 1 amide bonds. The number of hydrogen-bond acceptors (Lipinski definition) is 5. The molecule has 142 valence electrons. The van der Waals surface area contributed by atoms with Crippen molar-refractivity contribution in [1.82, 2.24) is 9.88 Å². The summed E-state index contributed by atoms with van der Waals surface area (Å²) in [4.78, 5) is 30.4. The van der Waals surface area contributed by atoms with Crippen LogP contribution >= 0.6 is 23.2 Å². The number of rotatable bonds is 6. The number of nitrogens with zero attached hydrogens (tertiary/aromatic N) is 2. The Morgan fingerprint density at radius 1 is 1.22 bits per heavy atom. The van der Waals surface area contributed by atoms with Gasteiger partial charge < -0.3 is 14.1 Å². The molecule has 3 rings (SSSR count). The first-order valence-corrected chi connectivity index (χ1v) is 9.31. The van der Waals surface area contributed by atoms with Gasteiger partial charge in [-0.25, -0.2) is 9.78 Å². The Kier molecular flexibility index (Phi) is 6.53. The molecule has 2 aromatic rings. The number of ether oxygens (including phenoxy) is 1. The van der Waals surface area contributed by atoms with Crippen molar-refractivity contribution in [2.24, 2.45) is 0 Å². The quantitative estimate of drug-likeness (QED) is 0.514. The number of carbonyl (C=O) groups is 2. The van der Waals surface area contributed by atoms with Gasteiger partial charge in [-0.15, -0.1) is 0 Å². The van der Waals surface area contributed by atoms with Crippen molar-refractivity contribution in [1.29, 1.82) is 0 Å². The third-order valence-corrected chi connectivity index (χ3v) is 4.66. The van der Waals surface area contributed by atoms with E-state index in [1.54, 1.807) is 23.3 Å². The van der Waals surface area contributed by atoms with Crippen LogP contribution in [0.3, 0.4) is 0 Å². The normalized spacial score (nSPS) is 13.8. The molecule has 1 aliphatic carbocycles. The standard InChI is InChI=1S/C19H18Cl2N2O4/c20-15-8-9-16(21)22-18(15)19(25)27-12-17(24)23(11-14-7-4-10-26-14)13-5-2-1-3-6-13/h4-5,7-10H,1-3,6,11-12H2. The van der Waals surface area contributed by atoms with Crippen LogP contribution in [0.15, 0.2) is 46.7 Å². The van der Waals surface area contributed by atoms with Gasteiger partial charge in [-0.05, 0) is 49.9 Å². The van der Waals surface area contributed by atoms with Gasteiger partial charge in [0.1, 0.15) is 10.9 Å². The molecule has 0 atom stereocenters. The van der Waals surface area contributed by atoms with E-state index in [0.29, 0.717) is 5.76 Å². The van der Waals surface area contributed by atoms with Crippen LogP contribution in [0, 0.1) is 0 Å². The average molecular weight is 409 g/mol. The van der Waals surface area contributed by atoms with Crippen molar-refractivity contribution in [3.63, 3.8) is 0 Å². The Hall–Kier alpha value is -2.31. The van der Waals surface area contributed by atoms with Crippen LogP contribution in [-0.4, -0.2) is 28.4 Å². The zero-order valence-electron chi connectivity index (χ0n) is 14.5. The third kappa shape index (κ3) is 5.11. The lowest BCUT2D eigenvalue weighted by Gasteiger charge is -2.26. The first-order chi connectivity index (χ1) is 13.0. The molecule has 2 heterocycles. The summed E-state index contributed by atoms with van der Waals surface area (Å²) < 4.78 is 10.5. The molecule has 0 saturated carbocycles. The third-order valence-electron chi connectivity index (χ3n) is 4.14. The van der Waals surface area contributed by atoms with Gasteiger partial charge in [-0.1, -0.05) is 29.3 Å². The molecule has 0 bridgehead atoms. The Morgan fingerprint density at radius 3 is 2.78 bits per heavy atom. The summed E-state index contributed by atoms with van der Waals surface area (Å²) in [6, 6.07) is 6.48. The van der Waals surface area contributed by atoms with Crippen LogP contribution < -0.4 is 0 Å². The van der Waals surface area contributed by atoms with E-state index in [1.165, 1.54) is 12.1 Å². The second kappa shape index (κ2) is 9.06. The number of furan rings is 1. The van der Waals surface area contributed by atoms with Crippen molar-refractivity contribution in [3.8, 4) is 0 Å². The molecular weight excluding hydrogens is 391 g/mol. The minimum atomic E-state index is -0.800. The van der Waals surface area contributed by atoms with Gasteiger partial charge in [0.2, 0.25) is 0 Å². The van der Waals surface area contributed by atoms with Crippen LogP contribution in [0.1, 0.15) is 41.9 Å². The molecule has 0 aliphatic heterocycles. The molecule has 8 heteroatoms. The van der Waals surface area contributed by atoms with Crippen molar-refractivity contribution < 1.29 is 18.7 Å². The molecule has 2 aromatic heterocycles. The van der Waals surface area contributed by atoms with E-state index in [-0.39, 0.29) is 28.3 Å². The summed E-state index contributed by atoms with van der Waals surface area (Å²) in [5.41, 5.74) is 0.795. The number of halogens is 2. The SMILES string of the molecule is O=C(OCC(=O)N(Cc1ccco1)C1=CCCCC1)c1nc(Cl)ccc1Cl. The number of aromatic nitrogens is 1. The van der Waals surface area contributed by atoms with Crippen molar-refractivity contribution >= 4 is 35.1 Å². The monoisotopic (exact) mass is 408 g/mol. The Bertz CT molecular complexity index is 849. The predicted octanol–water partition coefficient (Wildman–Crippen LogP) is 4.62. The molecule has 0 unspecified atom stereocenters. The van der Waals surface area contributed by atoms with E-state index in [4.69, 9.17) is 32.4 Å². The summed E-state index contributed by atoms with van der Waals surface area (Å²) in [6.07, 6.45) is 7.42. The fourth-order valence-corrected chi connectivity index (χ4v) is 3.14. The number of allylic oxidation sites excluding steroid dienone is 2. The highest BCUT2D eigenvalue weighted by Gasteiger charge is 2.23. The smallest absolute Gasteiger partial charge is 0.359 e. The molecule has 27 heavy (non-hydrogen) atoms. The molecule has 6 nitrogen and oxygen atoms in total. The van der Waals surface area contributed by atoms with Crippen molar-refractivity contribution in [2.75, 3.05) is 6.61 Å². The molecule has 0 fully saturated rings. The molecule has 0 spiro atoms. The molecule has 0 aromatic carbocycles. The highest BCUT2D eigenvalue weighted by molar-refractivity contribution is 6.34. The van der Waals surface area contributed by atoms with Crippen LogP contribution in [0.4, 0.5) is 0 Å². The summed E-state index contributed by atoms with van der Waals surface area (Å²) in [5, 5.41) is 0.226. The Balaban J connectivity index is 1.69. The summed E-state index contributed by atoms with van der Waals surface area (Å²) in [5.74, 6) is -0.488. The molecule has 1 aliphatic rings. The maximum absolute atomic E-state index is 12.7. The average Bonchev–Trinajstić information content (AvgIpc) is 3.20. The molecular formula is C19H18Cl2N2O4. The minimum absolute atomic E-state index is 0.110. The highest BCUT2D eigenvalue weighted by Crippen LogP contribution is 2.23. The fourth-order valence-electron chi connectivity index (χ4n) is 2.81. The number of carbonyl (C=O) groups excluding carboxylic acids is 2. The molecule has 0 radical (unpaired) electrons. The van der Waals surface area contributed by atoms with Gasteiger partial charge in [0, 0.05) is 5.70 Å². The molecule has 0 N–H and O–H groups in total. The van der Waals surface area contributed by atoms with E-state index in [0.717, 1.165) is 31.4 Å². The van der Waals surface area contributed by atoms with E-state index in [2.05, 4.69) is 4.98 Å².